The van der Waals surface area contributed by atoms with Gasteiger partial charge in [-0.1, -0.05) is 6.07 Å². The summed E-state index contributed by atoms with van der Waals surface area (Å²) in [5, 5.41) is 21.5. The van der Waals surface area contributed by atoms with E-state index in [0.29, 0.717) is 11.3 Å². The third-order valence-corrected chi connectivity index (χ3v) is 2.94. The molecule has 0 heterocycles. The molecule has 1 unspecified atom stereocenters. The van der Waals surface area contributed by atoms with Gasteiger partial charge in [-0.3, -0.25) is 0 Å². The summed E-state index contributed by atoms with van der Waals surface area (Å²) >= 11 is 0. The number of aromatic hydroxyl groups is 1. The molecule has 0 amide bonds. The van der Waals surface area contributed by atoms with Gasteiger partial charge < -0.3 is 15.5 Å². The number of hydrogen-bond acceptors (Lipinski definition) is 3. The Bertz CT molecular complexity index is 597. The average Bonchev–Trinajstić information content (AvgIpc) is 2.38. The Hall–Kier alpha value is -2.14. The van der Waals surface area contributed by atoms with Crippen LogP contribution in [0.5, 0.6) is 5.75 Å². The first-order valence-electron chi connectivity index (χ1n) is 6.12. The summed E-state index contributed by atoms with van der Waals surface area (Å²) in [5.74, 6) is -1.61. The molecule has 2 rings (SSSR count). The summed E-state index contributed by atoms with van der Waals surface area (Å²) in [6, 6.07) is 7.67. The number of benzene rings is 2. The number of aliphatic hydroxyl groups is 1. The van der Waals surface area contributed by atoms with E-state index >= 15 is 0 Å². The van der Waals surface area contributed by atoms with Crippen molar-refractivity contribution in [3.05, 3.63) is 59.2 Å². The summed E-state index contributed by atoms with van der Waals surface area (Å²) in [7, 11) is 0. The van der Waals surface area contributed by atoms with Crippen LogP contribution in [0.4, 0.5) is 14.5 Å². The van der Waals surface area contributed by atoms with Crippen LogP contribution in [-0.2, 0) is 0 Å². The second-order valence-corrected chi connectivity index (χ2v) is 4.61. The van der Waals surface area contributed by atoms with Crippen LogP contribution >= 0.6 is 0 Å². The van der Waals surface area contributed by atoms with Crippen molar-refractivity contribution in [2.24, 2.45) is 0 Å². The number of halogens is 2. The van der Waals surface area contributed by atoms with E-state index in [2.05, 4.69) is 5.32 Å². The third kappa shape index (κ3) is 3.24. The van der Waals surface area contributed by atoms with E-state index in [1.807, 2.05) is 0 Å². The summed E-state index contributed by atoms with van der Waals surface area (Å²) in [5.41, 5.74) is 1.70. The van der Waals surface area contributed by atoms with Crippen molar-refractivity contribution < 1.29 is 19.0 Å². The zero-order valence-corrected chi connectivity index (χ0v) is 10.9. The Morgan fingerprint density at radius 2 is 1.90 bits per heavy atom. The van der Waals surface area contributed by atoms with Gasteiger partial charge in [-0.25, -0.2) is 8.78 Å². The molecule has 3 nitrogen and oxygen atoms in total. The van der Waals surface area contributed by atoms with Gasteiger partial charge in [-0.15, -0.1) is 0 Å². The van der Waals surface area contributed by atoms with Crippen molar-refractivity contribution in [2.75, 3.05) is 11.9 Å². The molecule has 20 heavy (non-hydrogen) atoms. The molecule has 5 heteroatoms. The highest BCUT2D eigenvalue weighted by Gasteiger charge is 2.13. The zero-order valence-electron chi connectivity index (χ0n) is 10.9. The molecule has 0 aliphatic heterocycles. The van der Waals surface area contributed by atoms with E-state index in [9.17, 15) is 13.9 Å². The topological polar surface area (TPSA) is 52.5 Å². The highest BCUT2D eigenvalue weighted by molar-refractivity contribution is 5.48. The third-order valence-electron chi connectivity index (χ3n) is 2.94. The number of nitrogens with one attached hydrogen (secondary N) is 1. The smallest absolute Gasteiger partial charge is 0.165 e. The highest BCUT2D eigenvalue weighted by Crippen LogP contribution is 2.24. The van der Waals surface area contributed by atoms with Gasteiger partial charge in [0.1, 0.15) is 5.82 Å². The second kappa shape index (κ2) is 5.88. The Balaban J connectivity index is 2.26. The van der Waals surface area contributed by atoms with Gasteiger partial charge in [0.25, 0.3) is 0 Å². The lowest BCUT2D eigenvalue weighted by Gasteiger charge is -2.18. The lowest BCUT2D eigenvalue weighted by atomic mass is 10.1. The van der Waals surface area contributed by atoms with Crippen LogP contribution in [0, 0.1) is 18.6 Å². The summed E-state index contributed by atoms with van der Waals surface area (Å²) in [6.45, 7) is 1.46. The van der Waals surface area contributed by atoms with Crippen molar-refractivity contribution in [1.29, 1.82) is 0 Å². The van der Waals surface area contributed by atoms with Crippen LogP contribution < -0.4 is 5.32 Å². The Labute approximate surface area is 115 Å². The Kier molecular flexibility index (Phi) is 4.20. The highest BCUT2D eigenvalue weighted by atomic mass is 19.1. The largest absolute Gasteiger partial charge is 0.505 e. The fourth-order valence-corrected chi connectivity index (χ4v) is 2.00. The van der Waals surface area contributed by atoms with Gasteiger partial charge in [0.2, 0.25) is 0 Å². The predicted octanol–water partition coefficient (Wildman–Crippen LogP) is 3.12. The molecule has 1 atom stereocenters. The molecule has 106 valence electrons. The van der Waals surface area contributed by atoms with E-state index < -0.39 is 17.6 Å². The normalized spacial score (nSPS) is 12.2. The molecular formula is C15H15F2NO2. The van der Waals surface area contributed by atoms with Crippen molar-refractivity contribution >= 4 is 5.69 Å². The van der Waals surface area contributed by atoms with Crippen molar-refractivity contribution in [3.8, 4) is 5.75 Å². The molecule has 0 aliphatic rings. The van der Waals surface area contributed by atoms with Crippen molar-refractivity contribution in [3.63, 3.8) is 0 Å². The lowest BCUT2D eigenvalue weighted by Crippen LogP contribution is -2.15. The van der Waals surface area contributed by atoms with Gasteiger partial charge >= 0.3 is 0 Å². The molecule has 2 aromatic carbocycles. The molecule has 3 N–H and O–H groups in total. The minimum atomic E-state index is -0.766. The minimum absolute atomic E-state index is 0.292. The number of aliphatic hydroxyl groups excluding tert-OH is 1. The maximum Gasteiger partial charge on any atom is 0.165 e. The van der Waals surface area contributed by atoms with Gasteiger partial charge in [-0.05, 0) is 48.4 Å². The first-order chi connectivity index (χ1) is 9.49. The van der Waals surface area contributed by atoms with Crippen LogP contribution in [0.3, 0.4) is 0 Å². The molecule has 0 bridgehead atoms. The second-order valence-electron chi connectivity index (χ2n) is 4.61. The van der Waals surface area contributed by atoms with Crippen LogP contribution in [0.25, 0.3) is 0 Å². The monoisotopic (exact) mass is 279 g/mol. The van der Waals surface area contributed by atoms with Gasteiger partial charge in [-0.2, -0.15) is 0 Å². The number of hydrogen-bond donors (Lipinski definition) is 3. The molecule has 2 aromatic rings. The zero-order chi connectivity index (χ0) is 14.7. The molecule has 0 spiro atoms. The first kappa shape index (κ1) is 14.3. The fourth-order valence-electron chi connectivity index (χ4n) is 2.00. The standard InChI is InChI=1S/C15H15F2NO2/c1-9-4-11(16)7-12(5-9)18-14(8-19)10-2-3-15(20)13(17)6-10/h2-7,14,18-20H,8H2,1H3. The maximum absolute atomic E-state index is 13.3. The number of aryl methyl sites for hydroxylation is 1. The van der Waals surface area contributed by atoms with E-state index in [1.54, 1.807) is 13.0 Å². The number of anilines is 1. The molecule has 0 aliphatic carbocycles. The van der Waals surface area contributed by atoms with E-state index in [1.165, 1.54) is 24.3 Å². The van der Waals surface area contributed by atoms with Crippen LogP contribution in [0.2, 0.25) is 0 Å². The summed E-state index contributed by atoms with van der Waals surface area (Å²) < 4.78 is 26.6. The molecule has 0 saturated carbocycles. The lowest BCUT2D eigenvalue weighted by molar-refractivity contribution is 0.276. The van der Waals surface area contributed by atoms with Crippen molar-refractivity contribution in [1.82, 2.24) is 0 Å². The summed E-state index contributed by atoms with van der Waals surface area (Å²) in [6.07, 6.45) is 0. The maximum atomic E-state index is 13.3. The van der Waals surface area contributed by atoms with E-state index in [4.69, 9.17) is 5.11 Å². The number of phenols is 1. The van der Waals surface area contributed by atoms with E-state index in [0.717, 1.165) is 11.6 Å². The number of phenolic OH excluding ortho intramolecular Hbond substituents is 1. The SMILES string of the molecule is Cc1cc(F)cc(NC(CO)c2ccc(O)c(F)c2)c1. The molecule has 0 saturated heterocycles. The van der Waals surface area contributed by atoms with Crippen LogP contribution in [0.1, 0.15) is 17.2 Å². The van der Waals surface area contributed by atoms with Crippen LogP contribution in [0.15, 0.2) is 36.4 Å². The Morgan fingerprint density at radius 3 is 2.50 bits per heavy atom. The number of rotatable bonds is 4. The van der Waals surface area contributed by atoms with Crippen molar-refractivity contribution in [2.45, 2.75) is 13.0 Å². The first-order valence-corrected chi connectivity index (χ1v) is 6.12. The fraction of sp³-hybridized carbons (Fsp3) is 0.200. The van der Waals surface area contributed by atoms with Gasteiger partial charge in [0, 0.05) is 5.69 Å². The van der Waals surface area contributed by atoms with Crippen LogP contribution in [-0.4, -0.2) is 16.8 Å². The van der Waals surface area contributed by atoms with E-state index in [-0.39, 0.29) is 12.4 Å². The van der Waals surface area contributed by atoms with Gasteiger partial charge in [0.05, 0.1) is 12.6 Å². The Morgan fingerprint density at radius 1 is 1.15 bits per heavy atom. The van der Waals surface area contributed by atoms with Gasteiger partial charge in [0.15, 0.2) is 11.6 Å². The minimum Gasteiger partial charge on any atom is -0.505 e. The summed E-state index contributed by atoms with van der Waals surface area (Å²) in [4.78, 5) is 0. The quantitative estimate of drug-likeness (QED) is 0.806. The molecular weight excluding hydrogens is 264 g/mol. The molecule has 0 aromatic heterocycles. The molecule has 0 fully saturated rings. The average molecular weight is 279 g/mol. The predicted molar refractivity (Wildman–Crippen MR) is 72.7 cm³/mol. The molecule has 0 radical (unpaired) electrons.